The molecule has 2 rings (SSSR count). The van der Waals surface area contributed by atoms with Gasteiger partial charge in [0.2, 0.25) is 5.91 Å². The van der Waals surface area contributed by atoms with Crippen LogP contribution in [0.4, 0.5) is 5.69 Å². The zero-order chi connectivity index (χ0) is 12.8. The van der Waals surface area contributed by atoms with Gasteiger partial charge in [0.05, 0.1) is 12.7 Å². The molecule has 0 bridgehead atoms. The van der Waals surface area contributed by atoms with Crippen LogP contribution in [-0.4, -0.2) is 24.0 Å². The van der Waals surface area contributed by atoms with Gasteiger partial charge in [-0.1, -0.05) is 6.92 Å². The maximum Gasteiger partial charge on any atom is 0.238 e. The lowest BCUT2D eigenvalue weighted by Gasteiger charge is -2.05. The number of rotatable bonds is 5. The number of anilines is 1. The molecule has 18 heavy (non-hydrogen) atoms. The van der Waals surface area contributed by atoms with E-state index in [2.05, 4.69) is 15.6 Å². The standard InChI is InChI=1S/C13H15N3O2/c1-2-14-8-13(17)16-11-5-3-10(4-6-11)12-7-15-9-18-12/h3-7,9,14H,2,8H2,1H3,(H,16,17). The number of aromatic nitrogens is 1. The van der Waals surface area contributed by atoms with Crippen molar-refractivity contribution < 1.29 is 9.21 Å². The van der Waals surface area contributed by atoms with Crippen molar-refractivity contribution in [3.63, 3.8) is 0 Å². The molecule has 94 valence electrons. The molecule has 2 N–H and O–H groups in total. The first-order valence-electron chi connectivity index (χ1n) is 5.79. The SMILES string of the molecule is CCNCC(=O)Nc1ccc(-c2cnco2)cc1. The Morgan fingerprint density at radius 3 is 2.72 bits per heavy atom. The molecule has 1 heterocycles. The molecule has 0 aliphatic carbocycles. The third-order valence-corrected chi connectivity index (χ3v) is 2.42. The Kier molecular flexibility index (Phi) is 4.09. The van der Waals surface area contributed by atoms with E-state index in [-0.39, 0.29) is 5.91 Å². The van der Waals surface area contributed by atoms with Crippen molar-refractivity contribution in [1.29, 1.82) is 0 Å². The van der Waals surface area contributed by atoms with Crippen molar-refractivity contribution >= 4 is 11.6 Å². The van der Waals surface area contributed by atoms with Crippen LogP contribution in [0.25, 0.3) is 11.3 Å². The lowest BCUT2D eigenvalue weighted by molar-refractivity contribution is -0.115. The second-order valence-electron chi connectivity index (χ2n) is 3.77. The summed E-state index contributed by atoms with van der Waals surface area (Å²) in [5.74, 6) is 0.657. The van der Waals surface area contributed by atoms with Crippen molar-refractivity contribution in [1.82, 2.24) is 10.3 Å². The fourth-order valence-corrected chi connectivity index (χ4v) is 1.52. The summed E-state index contributed by atoms with van der Waals surface area (Å²) in [7, 11) is 0. The first kappa shape index (κ1) is 12.3. The monoisotopic (exact) mass is 245 g/mol. The lowest BCUT2D eigenvalue weighted by atomic mass is 10.2. The number of likely N-dealkylation sites (N-methyl/N-ethyl adjacent to an activating group) is 1. The highest BCUT2D eigenvalue weighted by Crippen LogP contribution is 2.20. The van der Waals surface area contributed by atoms with Gasteiger partial charge in [0.25, 0.3) is 0 Å². The Balaban J connectivity index is 1.98. The minimum Gasteiger partial charge on any atom is -0.444 e. The second kappa shape index (κ2) is 5.97. The summed E-state index contributed by atoms with van der Waals surface area (Å²) in [6.45, 7) is 3.05. The van der Waals surface area contributed by atoms with E-state index in [1.165, 1.54) is 6.39 Å². The van der Waals surface area contributed by atoms with Gasteiger partial charge in [-0.05, 0) is 30.8 Å². The van der Waals surface area contributed by atoms with E-state index in [1.807, 2.05) is 31.2 Å². The normalized spacial score (nSPS) is 10.3. The molecule has 0 aliphatic rings. The van der Waals surface area contributed by atoms with Crippen LogP contribution >= 0.6 is 0 Å². The molecule has 5 heteroatoms. The molecule has 0 radical (unpaired) electrons. The van der Waals surface area contributed by atoms with E-state index >= 15 is 0 Å². The van der Waals surface area contributed by atoms with Gasteiger partial charge < -0.3 is 15.1 Å². The first-order valence-corrected chi connectivity index (χ1v) is 5.79. The van der Waals surface area contributed by atoms with Crippen LogP contribution in [0.3, 0.4) is 0 Å². The molecule has 0 aliphatic heterocycles. The van der Waals surface area contributed by atoms with Crippen molar-refractivity contribution in [2.75, 3.05) is 18.4 Å². The molecule has 1 aromatic carbocycles. The maximum absolute atomic E-state index is 11.5. The molecule has 0 fully saturated rings. The summed E-state index contributed by atoms with van der Waals surface area (Å²) >= 11 is 0. The molecule has 1 amide bonds. The minimum atomic E-state index is -0.0516. The molecular weight excluding hydrogens is 230 g/mol. The van der Waals surface area contributed by atoms with Crippen LogP contribution in [-0.2, 0) is 4.79 Å². The molecule has 2 aromatic rings. The Labute approximate surface area is 105 Å². The molecule has 0 spiro atoms. The number of nitrogens with one attached hydrogen (secondary N) is 2. The van der Waals surface area contributed by atoms with Gasteiger partial charge in [-0.2, -0.15) is 0 Å². The van der Waals surface area contributed by atoms with E-state index in [4.69, 9.17) is 4.42 Å². The third kappa shape index (κ3) is 3.18. The van der Waals surface area contributed by atoms with Gasteiger partial charge in [0.15, 0.2) is 12.2 Å². The van der Waals surface area contributed by atoms with E-state index < -0.39 is 0 Å². The summed E-state index contributed by atoms with van der Waals surface area (Å²) < 4.78 is 5.19. The molecule has 0 saturated carbocycles. The maximum atomic E-state index is 11.5. The van der Waals surface area contributed by atoms with E-state index in [0.717, 1.165) is 17.8 Å². The smallest absolute Gasteiger partial charge is 0.238 e. The van der Waals surface area contributed by atoms with E-state index in [1.54, 1.807) is 6.20 Å². The summed E-state index contributed by atoms with van der Waals surface area (Å²) in [4.78, 5) is 15.3. The summed E-state index contributed by atoms with van der Waals surface area (Å²) in [5, 5.41) is 5.77. The highest BCUT2D eigenvalue weighted by Gasteiger charge is 2.03. The molecule has 1 aromatic heterocycles. The molecule has 0 saturated heterocycles. The van der Waals surface area contributed by atoms with Crippen LogP contribution in [0.1, 0.15) is 6.92 Å². The van der Waals surface area contributed by atoms with Gasteiger partial charge in [-0.15, -0.1) is 0 Å². The van der Waals surface area contributed by atoms with Crippen LogP contribution < -0.4 is 10.6 Å². The first-order chi connectivity index (χ1) is 8.79. The molecular formula is C13H15N3O2. The average Bonchev–Trinajstić information content (AvgIpc) is 2.91. The summed E-state index contributed by atoms with van der Waals surface area (Å²) in [6, 6.07) is 7.43. The van der Waals surface area contributed by atoms with Gasteiger partial charge in [-0.25, -0.2) is 4.98 Å². The Morgan fingerprint density at radius 1 is 1.33 bits per heavy atom. The number of hydrogen-bond acceptors (Lipinski definition) is 4. The van der Waals surface area contributed by atoms with Gasteiger partial charge >= 0.3 is 0 Å². The second-order valence-corrected chi connectivity index (χ2v) is 3.77. The van der Waals surface area contributed by atoms with Crippen LogP contribution in [0, 0.1) is 0 Å². The average molecular weight is 245 g/mol. The Morgan fingerprint density at radius 2 is 2.11 bits per heavy atom. The van der Waals surface area contributed by atoms with Crippen LogP contribution in [0.5, 0.6) is 0 Å². The topological polar surface area (TPSA) is 67.2 Å². The minimum absolute atomic E-state index is 0.0516. The van der Waals surface area contributed by atoms with Gasteiger partial charge in [-0.3, -0.25) is 4.79 Å². The van der Waals surface area contributed by atoms with Gasteiger partial charge in [0.1, 0.15) is 0 Å². The fourth-order valence-electron chi connectivity index (χ4n) is 1.52. The van der Waals surface area contributed by atoms with Crippen molar-refractivity contribution in [3.8, 4) is 11.3 Å². The molecule has 5 nitrogen and oxygen atoms in total. The molecule has 0 atom stereocenters. The largest absolute Gasteiger partial charge is 0.444 e. The Hall–Kier alpha value is -2.14. The number of carbonyl (C=O) groups is 1. The van der Waals surface area contributed by atoms with Crippen molar-refractivity contribution in [2.45, 2.75) is 6.92 Å². The molecule has 0 unspecified atom stereocenters. The fraction of sp³-hybridized carbons (Fsp3) is 0.231. The van der Waals surface area contributed by atoms with Gasteiger partial charge in [0, 0.05) is 11.3 Å². The quantitative estimate of drug-likeness (QED) is 0.844. The number of benzene rings is 1. The predicted molar refractivity (Wildman–Crippen MR) is 69.1 cm³/mol. The predicted octanol–water partition coefficient (Wildman–Crippen LogP) is 1.89. The third-order valence-electron chi connectivity index (χ3n) is 2.42. The lowest BCUT2D eigenvalue weighted by Crippen LogP contribution is -2.27. The highest BCUT2D eigenvalue weighted by molar-refractivity contribution is 5.92. The zero-order valence-corrected chi connectivity index (χ0v) is 10.1. The number of amides is 1. The van der Waals surface area contributed by atoms with E-state index in [0.29, 0.717) is 12.3 Å². The number of carbonyl (C=O) groups excluding carboxylic acids is 1. The number of oxazole rings is 1. The number of hydrogen-bond donors (Lipinski definition) is 2. The van der Waals surface area contributed by atoms with E-state index in [9.17, 15) is 4.79 Å². The van der Waals surface area contributed by atoms with Crippen LogP contribution in [0.15, 0.2) is 41.3 Å². The van der Waals surface area contributed by atoms with Crippen molar-refractivity contribution in [2.24, 2.45) is 0 Å². The van der Waals surface area contributed by atoms with Crippen LogP contribution in [0.2, 0.25) is 0 Å². The number of nitrogens with zero attached hydrogens (tertiary/aromatic N) is 1. The zero-order valence-electron chi connectivity index (χ0n) is 10.1. The Bertz CT molecular complexity index is 491. The van der Waals surface area contributed by atoms with Crippen molar-refractivity contribution in [3.05, 3.63) is 36.9 Å². The summed E-state index contributed by atoms with van der Waals surface area (Å²) in [6.07, 6.45) is 3.04. The highest BCUT2D eigenvalue weighted by atomic mass is 16.3. The summed E-state index contributed by atoms with van der Waals surface area (Å²) in [5.41, 5.74) is 1.69.